The monoisotopic (exact) mass is 300 g/mol. The Morgan fingerprint density at radius 2 is 2.00 bits per heavy atom. The number of ether oxygens (including phenoxy) is 2. The van der Waals surface area contributed by atoms with E-state index in [1.165, 1.54) is 11.8 Å². The predicted molar refractivity (Wildman–Crippen MR) is 71.8 cm³/mol. The molecular weight excluding hydrogens is 280 g/mol. The van der Waals surface area contributed by atoms with E-state index in [4.69, 9.17) is 9.47 Å². The van der Waals surface area contributed by atoms with E-state index in [2.05, 4.69) is 5.32 Å². The Morgan fingerprint density at radius 3 is 2.43 bits per heavy atom. The Hall–Kier alpha value is -2.12. The number of hydrogen-bond acceptors (Lipinski definition) is 6. The van der Waals surface area contributed by atoms with Crippen LogP contribution < -0.4 is 5.32 Å². The fraction of sp³-hybridized carbons (Fsp3) is 0.692. The number of carbonyl (C=O) groups excluding carboxylic acids is 4. The van der Waals surface area contributed by atoms with Crippen LogP contribution >= 0.6 is 0 Å². The molecule has 8 heteroatoms. The van der Waals surface area contributed by atoms with Gasteiger partial charge in [-0.25, -0.2) is 9.59 Å². The van der Waals surface area contributed by atoms with Gasteiger partial charge in [0.25, 0.3) is 0 Å². The number of nitrogens with zero attached hydrogens (tertiary/aromatic N) is 1. The highest BCUT2D eigenvalue weighted by Gasteiger charge is 2.32. The quantitative estimate of drug-likeness (QED) is 0.741. The van der Waals surface area contributed by atoms with Gasteiger partial charge in [-0.3, -0.25) is 14.5 Å². The van der Waals surface area contributed by atoms with Crippen molar-refractivity contribution in [2.24, 2.45) is 0 Å². The average molecular weight is 300 g/mol. The topological polar surface area (TPSA) is 102 Å². The van der Waals surface area contributed by atoms with Crippen LogP contribution in [0.4, 0.5) is 9.59 Å². The minimum Gasteiger partial charge on any atom is -0.448 e. The van der Waals surface area contributed by atoms with Gasteiger partial charge in [-0.15, -0.1) is 0 Å². The average Bonchev–Trinajstić information content (AvgIpc) is 2.69. The number of Topliss-reactive ketones (excluding diaryl/α,β-unsaturated/α-hetero) is 2. The third-order valence-corrected chi connectivity index (χ3v) is 2.58. The second kappa shape index (κ2) is 6.55. The third kappa shape index (κ3) is 5.41. The molecule has 0 aromatic heterocycles. The Morgan fingerprint density at radius 1 is 1.38 bits per heavy atom. The maximum Gasteiger partial charge on any atom is 0.410 e. The van der Waals surface area contributed by atoms with Gasteiger partial charge < -0.3 is 14.8 Å². The van der Waals surface area contributed by atoms with Crippen molar-refractivity contribution in [1.82, 2.24) is 10.2 Å². The van der Waals surface area contributed by atoms with E-state index in [1.807, 2.05) is 0 Å². The molecular formula is C13H20N2O6. The van der Waals surface area contributed by atoms with Crippen LogP contribution in [-0.4, -0.2) is 60.0 Å². The Bertz CT molecular complexity index is 454. The van der Waals surface area contributed by atoms with Crippen molar-refractivity contribution in [3.05, 3.63) is 0 Å². The molecule has 0 saturated carbocycles. The minimum absolute atomic E-state index is 0.205. The van der Waals surface area contributed by atoms with E-state index in [9.17, 15) is 19.2 Å². The molecule has 0 radical (unpaired) electrons. The minimum atomic E-state index is -1.34. The Balaban J connectivity index is 2.64. The van der Waals surface area contributed by atoms with Gasteiger partial charge in [-0.05, 0) is 27.7 Å². The van der Waals surface area contributed by atoms with Crippen LogP contribution in [0.15, 0.2) is 0 Å². The SMILES string of the molecule is CC(=O)C(NC(=O)OC(C)(C)C)C(=O)CN1CCOC1=O. The van der Waals surface area contributed by atoms with Crippen LogP contribution in [0.2, 0.25) is 0 Å². The van der Waals surface area contributed by atoms with E-state index < -0.39 is 35.4 Å². The molecule has 0 aromatic carbocycles. The molecule has 1 fully saturated rings. The summed E-state index contributed by atoms with van der Waals surface area (Å²) >= 11 is 0. The lowest BCUT2D eigenvalue weighted by molar-refractivity contribution is -0.129. The molecule has 1 rings (SSSR count). The zero-order valence-corrected chi connectivity index (χ0v) is 12.6. The van der Waals surface area contributed by atoms with E-state index in [1.54, 1.807) is 20.8 Å². The van der Waals surface area contributed by atoms with E-state index in [-0.39, 0.29) is 19.7 Å². The number of hydrogen-bond donors (Lipinski definition) is 1. The highest BCUT2D eigenvalue weighted by Crippen LogP contribution is 2.08. The van der Waals surface area contributed by atoms with Crippen LogP contribution in [0, 0.1) is 0 Å². The van der Waals surface area contributed by atoms with Crippen molar-refractivity contribution < 1.29 is 28.7 Å². The maximum atomic E-state index is 12.0. The fourth-order valence-corrected chi connectivity index (χ4v) is 1.68. The first-order valence-corrected chi connectivity index (χ1v) is 6.54. The molecule has 1 atom stereocenters. The van der Waals surface area contributed by atoms with Crippen molar-refractivity contribution in [3.8, 4) is 0 Å². The molecule has 0 spiro atoms. The maximum absolute atomic E-state index is 12.0. The molecule has 0 aromatic rings. The lowest BCUT2D eigenvalue weighted by atomic mass is 10.1. The molecule has 1 aliphatic heterocycles. The first-order valence-electron chi connectivity index (χ1n) is 6.54. The second-order valence-electron chi connectivity index (χ2n) is 5.69. The number of cyclic esters (lactones) is 1. The van der Waals surface area contributed by atoms with E-state index >= 15 is 0 Å². The normalized spacial score (nSPS) is 16.2. The van der Waals surface area contributed by atoms with Crippen LogP contribution in [-0.2, 0) is 19.1 Å². The number of nitrogens with one attached hydrogen (secondary N) is 1. The molecule has 21 heavy (non-hydrogen) atoms. The first-order chi connectivity index (χ1) is 9.60. The Labute approximate surface area is 122 Å². The highest BCUT2D eigenvalue weighted by molar-refractivity contribution is 6.08. The van der Waals surface area contributed by atoms with Gasteiger partial charge >= 0.3 is 12.2 Å². The summed E-state index contributed by atoms with van der Waals surface area (Å²) < 4.78 is 9.69. The van der Waals surface area contributed by atoms with Crippen molar-refractivity contribution in [1.29, 1.82) is 0 Å². The Kier molecular flexibility index (Phi) is 5.28. The predicted octanol–water partition coefficient (Wildman–Crippen LogP) is 0.490. The van der Waals surface area contributed by atoms with E-state index in [0.29, 0.717) is 0 Å². The summed E-state index contributed by atoms with van der Waals surface area (Å²) in [6.07, 6.45) is -1.47. The summed E-state index contributed by atoms with van der Waals surface area (Å²) in [7, 11) is 0. The highest BCUT2D eigenvalue weighted by atomic mass is 16.6. The third-order valence-electron chi connectivity index (χ3n) is 2.58. The zero-order valence-electron chi connectivity index (χ0n) is 12.6. The molecule has 0 aliphatic carbocycles. The summed E-state index contributed by atoms with van der Waals surface area (Å²) in [4.78, 5) is 47.6. The number of alkyl carbamates (subject to hydrolysis) is 1. The summed E-state index contributed by atoms with van der Waals surface area (Å²) in [5, 5.41) is 2.22. The largest absolute Gasteiger partial charge is 0.448 e. The summed E-state index contributed by atoms with van der Waals surface area (Å²) in [5.41, 5.74) is -0.743. The molecule has 1 heterocycles. The van der Waals surface area contributed by atoms with Gasteiger partial charge in [0.05, 0.1) is 13.1 Å². The number of ketones is 2. The fourth-order valence-electron chi connectivity index (χ4n) is 1.68. The lowest BCUT2D eigenvalue weighted by Gasteiger charge is -2.22. The molecule has 8 nitrogen and oxygen atoms in total. The van der Waals surface area contributed by atoms with Crippen LogP contribution in [0.1, 0.15) is 27.7 Å². The van der Waals surface area contributed by atoms with Gasteiger partial charge in [0.1, 0.15) is 12.2 Å². The number of rotatable bonds is 5. The number of amides is 2. The van der Waals surface area contributed by atoms with Crippen molar-refractivity contribution in [3.63, 3.8) is 0 Å². The summed E-state index contributed by atoms with van der Waals surface area (Å²) in [5.74, 6) is -1.12. The van der Waals surface area contributed by atoms with E-state index in [0.717, 1.165) is 0 Å². The van der Waals surface area contributed by atoms with Crippen LogP contribution in [0.3, 0.4) is 0 Å². The van der Waals surface area contributed by atoms with Crippen LogP contribution in [0.5, 0.6) is 0 Å². The summed E-state index contributed by atoms with van der Waals surface area (Å²) in [6.45, 7) is 6.37. The molecule has 0 bridgehead atoms. The lowest BCUT2D eigenvalue weighted by Crippen LogP contribution is -2.50. The molecule has 1 aliphatic rings. The molecule has 2 amide bonds. The molecule has 1 N–H and O–H groups in total. The van der Waals surface area contributed by atoms with Gasteiger partial charge in [-0.1, -0.05) is 0 Å². The molecule has 1 saturated heterocycles. The van der Waals surface area contributed by atoms with Crippen LogP contribution in [0.25, 0.3) is 0 Å². The zero-order chi connectivity index (χ0) is 16.2. The van der Waals surface area contributed by atoms with Gasteiger partial charge in [0.15, 0.2) is 17.6 Å². The smallest absolute Gasteiger partial charge is 0.410 e. The molecule has 1 unspecified atom stereocenters. The standard InChI is InChI=1S/C13H20N2O6/c1-8(16)10(14-11(18)21-13(2,3)4)9(17)7-15-5-6-20-12(15)19/h10H,5-7H2,1-4H3,(H,14,18). The first kappa shape index (κ1) is 16.9. The van der Waals surface area contributed by atoms with Gasteiger partial charge in [-0.2, -0.15) is 0 Å². The molecule has 118 valence electrons. The second-order valence-corrected chi connectivity index (χ2v) is 5.69. The van der Waals surface area contributed by atoms with Crippen molar-refractivity contribution in [2.45, 2.75) is 39.3 Å². The van der Waals surface area contributed by atoms with Crippen molar-refractivity contribution >= 4 is 23.8 Å². The van der Waals surface area contributed by atoms with Gasteiger partial charge in [0, 0.05) is 0 Å². The van der Waals surface area contributed by atoms with Gasteiger partial charge in [0.2, 0.25) is 0 Å². The van der Waals surface area contributed by atoms with Crippen molar-refractivity contribution in [2.75, 3.05) is 19.7 Å². The summed E-state index contributed by atoms with van der Waals surface area (Å²) in [6, 6.07) is -1.34. The number of carbonyl (C=O) groups is 4.